The zero-order valence-corrected chi connectivity index (χ0v) is 6.42. The van der Waals surface area contributed by atoms with Crippen LogP contribution in [0.1, 0.15) is 13.3 Å². The van der Waals surface area contributed by atoms with Crippen LogP contribution in [0.3, 0.4) is 0 Å². The number of aliphatic carboxylic acids is 1. The van der Waals surface area contributed by atoms with Gasteiger partial charge < -0.3 is 10.4 Å². The lowest BCUT2D eigenvalue weighted by atomic mass is 10.0. The van der Waals surface area contributed by atoms with Crippen LogP contribution in [0.4, 0.5) is 0 Å². The SMILES string of the molecule is CC1CCNC1C#CC(=O)O. The van der Waals surface area contributed by atoms with E-state index in [1.54, 1.807) is 0 Å². The van der Waals surface area contributed by atoms with Crippen molar-refractivity contribution in [3.8, 4) is 11.8 Å². The maximum atomic E-state index is 10.1. The van der Waals surface area contributed by atoms with Gasteiger partial charge in [-0.05, 0) is 18.9 Å². The maximum Gasteiger partial charge on any atom is 0.381 e. The highest BCUT2D eigenvalue weighted by molar-refractivity contribution is 5.86. The van der Waals surface area contributed by atoms with Crippen molar-refractivity contribution in [2.75, 3.05) is 6.54 Å². The summed E-state index contributed by atoms with van der Waals surface area (Å²) in [4.78, 5) is 10.1. The Morgan fingerprint density at radius 3 is 2.91 bits per heavy atom. The summed E-state index contributed by atoms with van der Waals surface area (Å²) in [5, 5.41) is 11.4. The summed E-state index contributed by atoms with van der Waals surface area (Å²) < 4.78 is 0. The Morgan fingerprint density at radius 1 is 1.73 bits per heavy atom. The summed E-state index contributed by atoms with van der Waals surface area (Å²) in [6.45, 7) is 3.02. The standard InChI is InChI=1S/C8H11NO2/c1-6-4-5-9-7(6)2-3-8(10)11/h6-7,9H,4-5H2,1H3,(H,10,11). The Balaban J connectivity index is 2.50. The molecule has 3 nitrogen and oxygen atoms in total. The molecule has 1 aliphatic heterocycles. The summed E-state index contributed by atoms with van der Waals surface area (Å²) in [5.41, 5.74) is 0. The lowest BCUT2D eigenvalue weighted by molar-refractivity contribution is -0.130. The lowest BCUT2D eigenvalue weighted by Gasteiger charge is -2.05. The van der Waals surface area contributed by atoms with Gasteiger partial charge in [-0.3, -0.25) is 0 Å². The van der Waals surface area contributed by atoms with Crippen molar-refractivity contribution in [2.24, 2.45) is 5.92 Å². The summed E-state index contributed by atoms with van der Waals surface area (Å²) in [7, 11) is 0. The van der Waals surface area contributed by atoms with Gasteiger partial charge in [-0.15, -0.1) is 0 Å². The molecule has 2 N–H and O–H groups in total. The van der Waals surface area contributed by atoms with Gasteiger partial charge in [0.2, 0.25) is 0 Å². The number of nitrogens with one attached hydrogen (secondary N) is 1. The number of hydrogen-bond acceptors (Lipinski definition) is 2. The van der Waals surface area contributed by atoms with Gasteiger partial charge in [-0.1, -0.05) is 12.8 Å². The molecule has 0 spiro atoms. The Morgan fingerprint density at radius 2 is 2.45 bits per heavy atom. The molecule has 1 rings (SSSR count). The van der Waals surface area contributed by atoms with Crippen molar-refractivity contribution in [1.82, 2.24) is 5.32 Å². The molecule has 0 aliphatic carbocycles. The van der Waals surface area contributed by atoms with E-state index in [4.69, 9.17) is 5.11 Å². The van der Waals surface area contributed by atoms with Crippen LogP contribution < -0.4 is 5.32 Å². The molecule has 0 aromatic heterocycles. The highest BCUT2D eigenvalue weighted by atomic mass is 16.4. The molecule has 3 heteroatoms. The highest BCUT2D eigenvalue weighted by Crippen LogP contribution is 2.12. The van der Waals surface area contributed by atoms with Crippen LogP contribution >= 0.6 is 0 Å². The average Bonchev–Trinajstić information content (AvgIpc) is 2.31. The Labute approximate surface area is 65.8 Å². The number of carboxylic acid groups (broad SMARTS) is 1. The summed E-state index contributed by atoms with van der Waals surface area (Å²) in [6.07, 6.45) is 1.08. The molecule has 2 unspecified atom stereocenters. The zero-order valence-electron chi connectivity index (χ0n) is 6.42. The van der Waals surface area contributed by atoms with Crippen LogP contribution in [0.25, 0.3) is 0 Å². The predicted molar refractivity (Wildman–Crippen MR) is 41.0 cm³/mol. The van der Waals surface area contributed by atoms with Gasteiger partial charge in [0.1, 0.15) is 0 Å². The van der Waals surface area contributed by atoms with Gasteiger partial charge in [0.05, 0.1) is 6.04 Å². The molecule has 0 saturated carbocycles. The molecule has 60 valence electrons. The van der Waals surface area contributed by atoms with Crippen LogP contribution in [-0.4, -0.2) is 23.7 Å². The minimum atomic E-state index is -1.05. The number of hydrogen-bond donors (Lipinski definition) is 2. The minimum Gasteiger partial charge on any atom is -0.472 e. The molecule has 0 aromatic carbocycles. The van der Waals surface area contributed by atoms with Crippen LogP contribution in [-0.2, 0) is 4.79 Å². The minimum absolute atomic E-state index is 0.0751. The molecule has 11 heavy (non-hydrogen) atoms. The molecule has 1 aliphatic rings. The molecule has 1 fully saturated rings. The van der Waals surface area contributed by atoms with Crippen LogP contribution in [0.5, 0.6) is 0 Å². The second-order valence-corrected chi connectivity index (χ2v) is 2.77. The molecule has 0 bridgehead atoms. The predicted octanol–water partition coefficient (Wildman–Crippen LogP) is 0.0724. The third kappa shape index (κ3) is 2.24. The zero-order chi connectivity index (χ0) is 8.27. The van der Waals surface area contributed by atoms with E-state index in [0.717, 1.165) is 13.0 Å². The second kappa shape index (κ2) is 3.40. The fourth-order valence-corrected chi connectivity index (χ4v) is 1.17. The molecular weight excluding hydrogens is 142 g/mol. The van der Waals surface area contributed by atoms with Crippen LogP contribution in [0.15, 0.2) is 0 Å². The fraction of sp³-hybridized carbons (Fsp3) is 0.625. The van der Waals surface area contributed by atoms with E-state index >= 15 is 0 Å². The lowest BCUT2D eigenvalue weighted by Crippen LogP contribution is -2.23. The summed E-state index contributed by atoms with van der Waals surface area (Å²) in [6, 6.07) is 0.0751. The number of carbonyl (C=O) groups is 1. The van der Waals surface area contributed by atoms with E-state index in [9.17, 15) is 4.79 Å². The molecular formula is C8H11NO2. The quantitative estimate of drug-likeness (QED) is 0.484. The van der Waals surface area contributed by atoms with Gasteiger partial charge in [0.15, 0.2) is 0 Å². The summed E-state index contributed by atoms with van der Waals surface area (Å²) >= 11 is 0. The van der Waals surface area contributed by atoms with Crippen molar-refractivity contribution in [1.29, 1.82) is 0 Å². The van der Waals surface area contributed by atoms with Crippen molar-refractivity contribution in [2.45, 2.75) is 19.4 Å². The van der Waals surface area contributed by atoms with Crippen LogP contribution in [0, 0.1) is 17.8 Å². The van der Waals surface area contributed by atoms with E-state index < -0.39 is 5.97 Å². The van der Waals surface area contributed by atoms with Gasteiger partial charge >= 0.3 is 5.97 Å². The third-order valence-electron chi connectivity index (χ3n) is 1.87. The first-order valence-electron chi connectivity index (χ1n) is 3.68. The first-order valence-corrected chi connectivity index (χ1v) is 3.68. The smallest absolute Gasteiger partial charge is 0.381 e. The van der Waals surface area contributed by atoms with E-state index in [0.29, 0.717) is 5.92 Å². The number of rotatable bonds is 0. The Kier molecular flexibility index (Phi) is 2.50. The molecule has 2 atom stereocenters. The van der Waals surface area contributed by atoms with E-state index in [-0.39, 0.29) is 6.04 Å². The Bertz CT molecular complexity index is 214. The normalized spacial score (nSPS) is 29.2. The van der Waals surface area contributed by atoms with Crippen LogP contribution in [0.2, 0.25) is 0 Å². The second-order valence-electron chi connectivity index (χ2n) is 2.77. The van der Waals surface area contributed by atoms with Gasteiger partial charge in [-0.25, -0.2) is 4.79 Å². The topological polar surface area (TPSA) is 49.3 Å². The Hall–Kier alpha value is -1.01. The third-order valence-corrected chi connectivity index (χ3v) is 1.87. The summed E-state index contributed by atoms with van der Waals surface area (Å²) in [5.74, 6) is 4.22. The average molecular weight is 153 g/mol. The van der Waals surface area contributed by atoms with Gasteiger partial charge in [-0.2, -0.15) is 0 Å². The maximum absolute atomic E-state index is 10.1. The number of carboxylic acids is 1. The van der Waals surface area contributed by atoms with Crippen molar-refractivity contribution < 1.29 is 9.90 Å². The monoisotopic (exact) mass is 153 g/mol. The molecule has 0 radical (unpaired) electrons. The molecule has 0 aromatic rings. The largest absolute Gasteiger partial charge is 0.472 e. The van der Waals surface area contributed by atoms with Gasteiger partial charge in [0, 0.05) is 5.92 Å². The fourth-order valence-electron chi connectivity index (χ4n) is 1.17. The van der Waals surface area contributed by atoms with Gasteiger partial charge in [0.25, 0.3) is 0 Å². The van der Waals surface area contributed by atoms with E-state index in [2.05, 4.69) is 24.1 Å². The molecule has 0 amide bonds. The highest BCUT2D eigenvalue weighted by Gasteiger charge is 2.20. The van der Waals surface area contributed by atoms with Crippen molar-refractivity contribution in [3.63, 3.8) is 0 Å². The van der Waals surface area contributed by atoms with E-state index in [1.807, 2.05) is 0 Å². The van der Waals surface area contributed by atoms with Crippen molar-refractivity contribution >= 4 is 5.97 Å². The van der Waals surface area contributed by atoms with E-state index in [1.165, 1.54) is 0 Å². The van der Waals surface area contributed by atoms with Crippen molar-refractivity contribution in [3.05, 3.63) is 0 Å². The first kappa shape index (κ1) is 8.09. The first-order chi connectivity index (χ1) is 5.20. The molecule has 1 heterocycles. The molecule has 1 saturated heterocycles.